The highest BCUT2D eigenvalue weighted by Crippen LogP contribution is 2.65. The van der Waals surface area contributed by atoms with Gasteiger partial charge in [0.15, 0.2) is 0 Å². The third-order valence-corrected chi connectivity index (χ3v) is 4.88. The number of primary amides is 1. The Kier molecular flexibility index (Phi) is 5.30. The molecular formula is C18H22N2O5. The van der Waals surface area contributed by atoms with Crippen LogP contribution in [0.2, 0.25) is 0 Å². The molecule has 25 heavy (non-hydrogen) atoms. The van der Waals surface area contributed by atoms with E-state index in [2.05, 4.69) is 0 Å². The fourth-order valence-corrected chi connectivity index (χ4v) is 3.74. The maximum absolute atomic E-state index is 12.3. The molecule has 1 aliphatic carbocycles. The van der Waals surface area contributed by atoms with Crippen molar-refractivity contribution in [3.05, 3.63) is 42.0 Å². The van der Waals surface area contributed by atoms with Crippen LogP contribution in [0.4, 0.5) is 0 Å². The molecule has 0 heterocycles. The van der Waals surface area contributed by atoms with Crippen molar-refractivity contribution >= 4 is 12.0 Å². The van der Waals surface area contributed by atoms with E-state index in [4.69, 9.17) is 24.7 Å². The van der Waals surface area contributed by atoms with Gasteiger partial charge in [-0.05, 0) is 5.56 Å². The lowest BCUT2D eigenvalue weighted by Crippen LogP contribution is -2.86. The summed E-state index contributed by atoms with van der Waals surface area (Å²) >= 11 is 0. The number of ether oxygens (including phenoxy) is 4. The van der Waals surface area contributed by atoms with E-state index in [0.717, 1.165) is 5.56 Å². The van der Waals surface area contributed by atoms with Crippen LogP contribution in [-0.2, 0) is 23.7 Å². The fraction of sp³-hybridized carbons (Fsp3) is 0.444. The first-order chi connectivity index (χ1) is 12.0. The minimum atomic E-state index is -1.83. The third-order valence-electron chi connectivity index (χ3n) is 4.88. The largest absolute Gasteiger partial charge is 0.368 e. The monoisotopic (exact) mass is 346 g/mol. The maximum atomic E-state index is 12.3. The van der Waals surface area contributed by atoms with Gasteiger partial charge < -0.3 is 24.7 Å². The SMILES string of the molecule is COC1(OC)C(C=Cc2ccccc2)C(C#N)(C(N)=O)C1(OC)OC. The zero-order valence-electron chi connectivity index (χ0n) is 14.7. The summed E-state index contributed by atoms with van der Waals surface area (Å²) in [5, 5.41) is 9.84. The molecule has 1 saturated carbocycles. The highest BCUT2D eigenvalue weighted by Gasteiger charge is 2.87. The van der Waals surface area contributed by atoms with Crippen LogP contribution in [-0.4, -0.2) is 45.9 Å². The molecule has 0 radical (unpaired) electrons. The zero-order valence-corrected chi connectivity index (χ0v) is 14.7. The topological polar surface area (TPSA) is 104 Å². The van der Waals surface area contributed by atoms with Crippen molar-refractivity contribution in [2.24, 2.45) is 17.1 Å². The van der Waals surface area contributed by atoms with Gasteiger partial charge >= 0.3 is 0 Å². The molecule has 0 bridgehead atoms. The first kappa shape index (κ1) is 19.1. The van der Waals surface area contributed by atoms with Gasteiger partial charge in [0.05, 0.1) is 12.0 Å². The number of nitrogens with zero attached hydrogens (tertiary/aromatic N) is 1. The number of carbonyl (C=O) groups is 1. The normalized spacial score (nSPS) is 26.8. The molecule has 0 spiro atoms. The van der Waals surface area contributed by atoms with E-state index < -0.39 is 28.8 Å². The molecule has 2 N–H and O–H groups in total. The molecule has 7 heteroatoms. The van der Waals surface area contributed by atoms with Crippen molar-refractivity contribution in [2.75, 3.05) is 28.4 Å². The molecule has 0 saturated heterocycles. The molecule has 7 nitrogen and oxygen atoms in total. The number of carbonyl (C=O) groups excluding carboxylic acids is 1. The molecule has 0 aromatic heterocycles. The number of amides is 1. The van der Waals surface area contributed by atoms with Crippen molar-refractivity contribution < 1.29 is 23.7 Å². The van der Waals surface area contributed by atoms with Gasteiger partial charge in [-0.15, -0.1) is 0 Å². The molecule has 2 rings (SSSR count). The summed E-state index contributed by atoms with van der Waals surface area (Å²) < 4.78 is 22.0. The van der Waals surface area contributed by atoms with Crippen molar-refractivity contribution in [3.8, 4) is 6.07 Å². The lowest BCUT2D eigenvalue weighted by molar-refractivity contribution is -0.490. The van der Waals surface area contributed by atoms with E-state index in [1.54, 1.807) is 12.2 Å². The number of rotatable bonds is 7. The van der Waals surface area contributed by atoms with E-state index in [9.17, 15) is 10.1 Å². The summed E-state index contributed by atoms with van der Waals surface area (Å²) in [6, 6.07) is 11.4. The number of methoxy groups -OCH3 is 4. The molecular weight excluding hydrogens is 324 g/mol. The summed E-state index contributed by atoms with van der Waals surface area (Å²) in [5.74, 6) is -5.06. The van der Waals surface area contributed by atoms with Crippen LogP contribution in [0.3, 0.4) is 0 Å². The lowest BCUT2D eigenvalue weighted by atomic mass is 9.50. The molecule has 1 aromatic carbocycles. The average molecular weight is 346 g/mol. The Balaban J connectivity index is 2.63. The Morgan fingerprint density at radius 2 is 1.68 bits per heavy atom. The highest BCUT2D eigenvalue weighted by molar-refractivity contribution is 5.88. The van der Waals surface area contributed by atoms with Crippen LogP contribution in [0.25, 0.3) is 6.08 Å². The van der Waals surface area contributed by atoms with Crippen LogP contribution in [0, 0.1) is 22.7 Å². The van der Waals surface area contributed by atoms with Crippen LogP contribution >= 0.6 is 0 Å². The van der Waals surface area contributed by atoms with E-state index in [0.29, 0.717) is 0 Å². The Morgan fingerprint density at radius 3 is 2.08 bits per heavy atom. The minimum Gasteiger partial charge on any atom is -0.368 e. The van der Waals surface area contributed by atoms with Gasteiger partial charge in [0.1, 0.15) is 0 Å². The molecule has 1 fully saturated rings. The molecule has 2 unspecified atom stereocenters. The second kappa shape index (κ2) is 6.94. The standard InChI is InChI=1S/C18H22N2O5/c1-22-17(23-2)14(11-10-13-8-6-5-7-9-13)16(12-19,15(20)21)18(17,24-3)25-4/h5-11,14H,1-4H3,(H2,20,21). The second-order valence-corrected chi connectivity index (χ2v) is 5.63. The number of benzene rings is 1. The first-order valence-electron chi connectivity index (χ1n) is 7.61. The van der Waals surface area contributed by atoms with Gasteiger partial charge in [-0.1, -0.05) is 42.5 Å². The van der Waals surface area contributed by atoms with E-state index in [1.165, 1.54) is 28.4 Å². The van der Waals surface area contributed by atoms with E-state index in [-0.39, 0.29) is 0 Å². The molecule has 134 valence electrons. The van der Waals surface area contributed by atoms with Crippen molar-refractivity contribution in [1.29, 1.82) is 5.26 Å². The molecule has 1 amide bonds. The van der Waals surface area contributed by atoms with Crippen molar-refractivity contribution in [3.63, 3.8) is 0 Å². The molecule has 2 atom stereocenters. The summed E-state index contributed by atoms with van der Waals surface area (Å²) in [6.07, 6.45) is 3.42. The second-order valence-electron chi connectivity index (χ2n) is 5.63. The Hall–Kier alpha value is -2.24. The molecule has 1 aliphatic rings. The quantitative estimate of drug-likeness (QED) is 0.747. The van der Waals surface area contributed by atoms with Crippen LogP contribution in [0.5, 0.6) is 0 Å². The van der Waals surface area contributed by atoms with E-state index in [1.807, 2.05) is 36.4 Å². The molecule has 1 aromatic rings. The van der Waals surface area contributed by atoms with E-state index >= 15 is 0 Å². The lowest BCUT2D eigenvalue weighted by Gasteiger charge is -2.65. The number of nitriles is 1. The predicted octanol–water partition coefficient (Wildman–Crippen LogP) is 1.30. The Labute approximate surface area is 146 Å². The number of hydrogen-bond donors (Lipinski definition) is 1. The summed E-state index contributed by atoms with van der Waals surface area (Å²) in [7, 11) is 5.40. The Morgan fingerprint density at radius 1 is 1.12 bits per heavy atom. The van der Waals surface area contributed by atoms with Gasteiger partial charge in [0.25, 0.3) is 5.79 Å². The van der Waals surface area contributed by atoms with Crippen LogP contribution < -0.4 is 5.73 Å². The van der Waals surface area contributed by atoms with Crippen LogP contribution in [0.15, 0.2) is 36.4 Å². The fourth-order valence-electron chi connectivity index (χ4n) is 3.74. The summed E-state index contributed by atoms with van der Waals surface area (Å²) in [5.41, 5.74) is 4.65. The number of nitrogens with two attached hydrogens (primary N) is 1. The van der Waals surface area contributed by atoms with Gasteiger partial charge in [-0.25, -0.2) is 0 Å². The summed E-state index contributed by atoms with van der Waals surface area (Å²) in [4.78, 5) is 12.3. The highest BCUT2D eigenvalue weighted by atomic mass is 16.8. The summed E-state index contributed by atoms with van der Waals surface area (Å²) in [6.45, 7) is 0. The Bertz CT molecular complexity index is 689. The van der Waals surface area contributed by atoms with Gasteiger partial charge in [-0.2, -0.15) is 5.26 Å². The van der Waals surface area contributed by atoms with Crippen LogP contribution in [0.1, 0.15) is 5.56 Å². The van der Waals surface area contributed by atoms with Gasteiger partial charge in [0.2, 0.25) is 17.1 Å². The first-order valence-corrected chi connectivity index (χ1v) is 7.61. The predicted molar refractivity (Wildman–Crippen MR) is 89.7 cm³/mol. The molecule has 0 aliphatic heterocycles. The van der Waals surface area contributed by atoms with Crippen molar-refractivity contribution in [1.82, 2.24) is 0 Å². The van der Waals surface area contributed by atoms with Gasteiger partial charge in [-0.3, -0.25) is 4.79 Å². The number of hydrogen-bond acceptors (Lipinski definition) is 6. The zero-order chi connectivity index (χ0) is 18.7. The third kappa shape index (κ3) is 2.23. The average Bonchev–Trinajstić information content (AvgIpc) is 2.63. The van der Waals surface area contributed by atoms with Gasteiger partial charge in [0, 0.05) is 28.4 Å². The maximum Gasteiger partial charge on any atom is 0.253 e. The minimum absolute atomic E-state index is 0.849. The smallest absolute Gasteiger partial charge is 0.253 e. The van der Waals surface area contributed by atoms with Crippen molar-refractivity contribution in [2.45, 2.75) is 11.6 Å².